The van der Waals surface area contributed by atoms with E-state index < -0.39 is 73.4 Å². The molecule has 296 valence electrons. The zero-order chi connectivity index (χ0) is 39.8. The predicted molar refractivity (Wildman–Crippen MR) is 189 cm³/mol. The molecule has 20 nitrogen and oxygen atoms in total. The average molecular weight is 779 g/mol. The first-order valence-electron chi connectivity index (χ1n) is 17.1. The van der Waals surface area contributed by atoms with E-state index in [9.17, 15) is 43.9 Å². The van der Waals surface area contributed by atoms with Crippen molar-refractivity contribution in [3.63, 3.8) is 0 Å². The van der Waals surface area contributed by atoms with Crippen LogP contribution in [-0.2, 0) is 41.4 Å². The van der Waals surface area contributed by atoms with Crippen LogP contribution in [0.1, 0.15) is 43.2 Å². The highest BCUT2D eigenvalue weighted by atomic mass is 31.2. The maximum atomic E-state index is 14.5. The van der Waals surface area contributed by atoms with E-state index in [1.54, 1.807) is 0 Å². The van der Waals surface area contributed by atoms with Gasteiger partial charge in [-0.3, -0.25) is 33.8 Å². The maximum Gasteiger partial charge on any atom is 0.524 e. The van der Waals surface area contributed by atoms with Gasteiger partial charge in [-0.15, -0.1) is 0 Å². The molecule has 2 aromatic rings. The van der Waals surface area contributed by atoms with E-state index in [0.29, 0.717) is 30.5 Å². The zero-order valence-corrected chi connectivity index (χ0v) is 30.2. The first-order chi connectivity index (χ1) is 25.4. The third-order valence-corrected chi connectivity index (χ3v) is 9.76. The van der Waals surface area contributed by atoms with Crippen molar-refractivity contribution in [3.8, 4) is 11.5 Å². The van der Waals surface area contributed by atoms with Crippen molar-refractivity contribution < 1.29 is 58.2 Å². The van der Waals surface area contributed by atoms with Crippen molar-refractivity contribution >= 4 is 37.4 Å². The minimum Gasteiger partial charge on any atom is -0.508 e. The van der Waals surface area contributed by atoms with E-state index >= 15 is 0 Å². The van der Waals surface area contributed by atoms with Gasteiger partial charge in [-0.2, -0.15) is 0 Å². The van der Waals surface area contributed by atoms with Gasteiger partial charge in [0.15, 0.2) is 0 Å². The Morgan fingerprint density at radius 3 is 2.11 bits per heavy atom. The van der Waals surface area contributed by atoms with Crippen molar-refractivity contribution in [2.45, 2.75) is 74.3 Å². The number of phosphoric acid groups is 1. The Labute approximate surface area is 310 Å². The summed E-state index contributed by atoms with van der Waals surface area (Å²) in [5, 5.41) is 41.1. The molecule has 2 aliphatic rings. The Hall–Kier alpha value is -4.66. The Morgan fingerprint density at radius 1 is 0.907 bits per heavy atom. The lowest BCUT2D eigenvalue weighted by Crippen LogP contribution is -2.73. The summed E-state index contributed by atoms with van der Waals surface area (Å²) < 4.78 is 15.7. The lowest BCUT2D eigenvalue weighted by Gasteiger charge is -2.48. The number of nitrogens with two attached hydrogens (primary N) is 3. The molecule has 2 saturated heterocycles. The molecular weight excluding hydrogens is 731 g/mol. The molecule has 0 spiro atoms. The highest BCUT2D eigenvalue weighted by molar-refractivity contribution is 7.46. The van der Waals surface area contributed by atoms with E-state index in [-0.39, 0.29) is 56.7 Å². The number of nitrogens with one attached hydrogen (secondary N) is 3. The van der Waals surface area contributed by atoms with Gasteiger partial charge in [0.1, 0.15) is 29.1 Å². The molecule has 2 heterocycles. The monoisotopic (exact) mass is 778 g/mol. The van der Waals surface area contributed by atoms with Crippen molar-refractivity contribution in [2.24, 2.45) is 17.2 Å². The zero-order valence-electron chi connectivity index (χ0n) is 29.3. The van der Waals surface area contributed by atoms with Crippen LogP contribution in [-0.4, -0.2) is 120 Å². The van der Waals surface area contributed by atoms with Crippen LogP contribution in [0.25, 0.3) is 0 Å². The van der Waals surface area contributed by atoms with Crippen molar-refractivity contribution in [1.82, 2.24) is 26.0 Å². The van der Waals surface area contributed by atoms with Gasteiger partial charge in [0, 0.05) is 25.9 Å². The summed E-state index contributed by atoms with van der Waals surface area (Å²) in [6.07, 6.45) is 0.555. The molecule has 2 aliphatic heterocycles. The van der Waals surface area contributed by atoms with Crippen molar-refractivity contribution in [3.05, 3.63) is 59.7 Å². The molecule has 4 rings (SSSR count). The van der Waals surface area contributed by atoms with Crippen LogP contribution in [0.4, 0.5) is 0 Å². The number of rotatable bonds is 18. The second kappa shape index (κ2) is 17.7. The number of nitrogens with zero attached hydrogens (tertiary/aromatic N) is 2. The number of carbonyl (C=O) groups is 5. The number of aromatic hydroxyl groups is 1. The van der Waals surface area contributed by atoms with Crippen LogP contribution in [0.15, 0.2) is 48.5 Å². The number of phosphoric ester groups is 1. The molecular formula is C33H47N8O12P. The molecule has 54 heavy (non-hydrogen) atoms. The fraction of sp³-hybridized carbons (Fsp3) is 0.485. The summed E-state index contributed by atoms with van der Waals surface area (Å²) in [7, 11) is -4.78. The number of aliphatic hydroxyl groups is 2. The topological polar surface area (TPSA) is 333 Å². The van der Waals surface area contributed by atoms with Crippen molar-refractivity contribution in [1.29, 1.82) is 0 Å². The van der Waals surface area contributed by atoms with Gasteiger partial charge >= 0.3 is 7.82 Å². The number of hydrogen-bond acceptors (Lipinski definition) is 13. The third kappa shape index (κ3) is 10.3. The van der Waals surface area contributed by atoms with Gasteiger partial charge in [0.2, 0.25) is 23.4 Å². The third-order valence-electron chi connectivity index (χ3n) is 9.31. The summed E-state index contributed by atoms with van der Waals surface area (Å²) in [5.41, 5.74) is 14.1. The number of unbranched alkanes of at least 4 members (excludes halogenated alkanes) is 1. The number of primary amides is 1. The molecule has 0 saturated carbocycles. The minimum atomic E-state index is -4.78. The maximum absolute atomic E-state index is 14.5. The molecule has 2 fully saturated rings. The Bertz CT molecular complexity index is 1730. The van der Waals surface area contributed by atoms with Crippen LogP contribution in [0.5, 0.6) is 11.5 Å². The first kappa shape index (κ1) is 42.1. The van der Waals surface area contributed by atoms with Gasteiger partial charge in [0.25, 0.3) is 11.8 Å². The molecule has 0 radical (unpaired) electrons. The highest BCUT2D eigenvalue weighted by Crippen LogP contribution is 2.39. The number of phenols is 1. The largest absolute Gasteiger partial charge is 0.524 e. The Kier molecular flexibility index (Phi) is 13.8. The van der Waals surface area contributed by atoms with Crippen LogP contribution in [0, 0.1) is 0 Å². The van der Waals surface area contributed by atoms with Crippen molar-refractivity contribution in [2.75, 3.05) is 26.2 Å². The van der Waals surface area contributed by atoms with Gasteiger partial charge in [-0.25, -0.2) is 14.6 Å². The quantitative estimate of drug-likeness (QED) is 0.0529. The fourth-order valence-electron chi connectivity index (χ4n) is 6.38. The number of carbonyl (C=O) groups excluding carboxylic acids is 5. The summed E-state index contributed by atoms with van der Waals surface area (Å²) in [5.74, 6) is -4.78. The molecule has 2 unspecified atom stereocenters. The molecule has 0 aromatic heterocycles. The number of fused-ring (bicyclic) bond motifs is 1. The fourth-order valence-corrected chi connectivity index (χ4v) is 6.78. The first-order valence-corrected chi connectivity index (χ1v) is 18.7. The van der Waals surface area contributed by atoms with Gasteiger partial charge in [-0.05, 0) is 74.0 Å². The smallest absolute Gasteiger partial charge is 0.508 e. The second-order valence-corrected chi connectivity index (χ2v) is 14.4. The second-order valence-electron chi connectivity index (χ2n) is 13.3. The SMILES string of the molecule is NCCCCC1(NC(=O)[C@@H](N)Cc2ccc(OP(=O)(O)O)cc2)CCN2CC[C@@](O)(C(=O)N[C@@H](Cc3ccc(O)cc3)C(=O)NC(CO)C(N)=O)N2C1=O. The normalized spacial score (nSPS) is 21.7. The number of hydrogen-bond donors (Lipinski definition) is 11. The van der Waals surface area contributed by atoms with Crippen LogP contribution in [0.2, 0.25) is 0 Å². The predicted octanol–water partition coefficient (Wildman–Crippen LogP) is -3.05. The van der Waals surface area contributed by atoms with E-state index in [0.717, 1.165) is 5.01 Å². The molecule has 0 bridgehead atoms. The Morgan fingerprint density at radius 2 is 1.52 bits per heavy atom. The molecule has 5 amide bonds. The number of amides is 5. The standard InChI is InChI=1S/C33H47N8O12P/c34-14-2-1-11-32(39-28(45)24(35)17-20-5-9-23(10-6-20)53-54(50,51)52)12-15-40-16-13-33(49,41(40)31(32)48)30(47)38-25(18-21-3-7-22(43)8-4-21)29(46)37-26(19-42)27(36)44/h3-10,24-26,42-43,49H,1-2,11-19,34-35H2,(H2,36,44)(H,37,46)(H,38,47)(H,39,45)(H2,50,51,52)/t24-,25-,26?,32?,33+/m0/s1. The van der Waals surface area contributed by atoms with E-state index in [1.807, 2.05) is 0 Å². The van der Waals surface area contributed by atoms with E-state index in [4.69, 9.17) is 27.0 Å². The number of benzene rings is 2. The lowest BCUT2D eigenvalue weighted by atomic mass is 9.85. The summed E-state index contributed by atoms with van der Waals surface area (Å²) in [6.45, 7) is -0.342. The molecule has 5 atom stereocenters. The lowest BCUT2D eigenvalue weighted by molar-refractivity contribution is -0.206. The number of hydrazine groups is 1. The summed E-state index contributed by atoms with van der Waals surface area (Å²) in [4.78, 5) is 85.3. The molecule has 2 aromatic carbocycles. The van der Waals surface area contributed by atoms with Gasteiger partial charge < -0.3 is 53.0 Å². The molecule has 0 aliphatic carbocycles. The van der Waals surface area contributed by atoms with Crippen LogP contribution in [0.3, 0.4) is 0 Å². The van der Waals surface area contributed by atoms with E-state index in [2.05, 4.69) is 20.5 Å². The number of phenolic OH excluding ortho intramolecular Hbond substituents is 1. The highest BCUT2D eigenvalue weighted by Gasteiger charge is 2.60. The van der Waals surface area contributed by atoms with E-state index in [1.165, 1.54) is 53.5 Å². The minimum absolute atomic E-state index is 0.0331. The van der Waals surface area contributed by atoms with Crippen LogP contribution < -0.4 is 37.7 Å². The van der Waals surface area contributed by atoms with Gasteiger partial charge in [0.05, 0.1) is 12.6 Å². The summed E-state index contributed by atoms with van der Waals surface area (Å²) in [6, 6.07) is 7.06. The Balaban J connectivity index is 1.57. The van der Waals surface area contributed by atoms with Crippen LogP contribution >= 0.6 is 7.82 Å². The molecule has 14 N–H and O–H groups in total. The number of aliphatic hydroxyl groups excluding tert-OH is 1. The van der Waals surface area contributed by atoms with Gasteiger partial charge in [-0.1, -0.05) is 24.3 Å². The molecule has 21 heteroatoms. The summed E-state index contributed by atoms with van der Waals surface area (Å²) >= 11 is 0. The average Bonchev–Trinajstić information content (AvgIpc) is 3.47.